The molecule has 0 saturated heterocycles. The number of nitrogens with zero attached hydrogens (tertiary/aromatic N) is 2. The van der Waals surface area contributed by atoms with Crippen LogP contribution in [0.4, 0.5) is 0 Å². The topological polar surface area (TPSA) is 39.1 Å². The third-order valence-electron chi connectivity index (χ3n) is 2.34. The van der Waals surface area contributed by atoms with Gasteiger partial charge in [0.05, 0.1) is 12.1 Å². The number of nitriles is 1. The summed E-state index contributed by atoms with van der Waals surface area (Å²) in [6, 6.07) is 3.20. The lowest BCUT2D eigenvalue weighted by Crippen LogP contribution is -2.37. The number of hydrogen-bond donors (Lipinski definition) is 1. The Morgan fingerprint density at radius 1 is 1.29 bits per heavy atom. The maximum absolute atomic E-state index is 8.90. The Kier molecular flexibility index (Phi) is 6.52. The summed E-state index contributed by atoms with van der Waals surface area (Å²) < 4.78 is 0. The normalized spacial score (nSPS) is 13.6. The van der Waals surface area contributed by atoms with Crippen LogP contribution >= 0.6 is 0 Å². The Balaban J connectivity index is 3.79. The van der Waals surface area contributed by atoms with Gasteiger partial charge < -0.3 is 4.90 Å². The fourth-order valence-corrected chi connectivity index (χ4v) is 1.18. The number of rotatable bonds is 6. The van der Waals surface area contributed by atoms with Crippen LogP contribution in [0.1, 0.15) is 34.1 Å². The molecule has 82 valence electrons. The summed E-state index contributed by atoms with van der Waals surface area (Å²) in [6.07, 6.45) is 0.892. The molecule has 0 amide bonds. The van der Waals surface area contributed by atoms with Crippen LogP contribution in [0.25, 0.3) is 0 Å². The number of nitrogens with one attached hydrogen (secondary N) is 1. The summed E-state index contributed by atoms with van der Waals surface area (Å²) >= 11 is 0. The van der Waals surface area contributed by atoms with Gasteiger partial charge in [-0.1, -0.05) is 0 Å². The predicted molar refractivity (Wildman–Crippen MR) is 60.1 cm³/mol. The van der Waals surface area contributed by atoms with Crippen molar-refractivity contribution in [3.05, 3.63) is 0 Å². The van der Waals surface area contributed by atoms with Crippen molar-refractivity contribution >= 4 is 0 Å². The first-order valence-electron chi connectivity index (χ1n) is 5.33. The highest BCUT2D eigenvalue weighted by atomic mass is 15.1. The van der Waals surface area contributed by atoms with E-state index in [9.17, 15) is 0 Å². The molecule has 14 heavy (non-hydrogen) atoms. The molecular weight excluding hydrogens is 174 g/mol. The van der Waals surface area contributed by atoms with Gasteiger partial charge in [-0.2, -0.15) is 5.26 Å². The maximum atomic E-state index is 8.90. The van der Waals surface area contributed by atoms with Crippen LogP contribution in [0, 0.1) is 11.3 Å². The van der Waals surface area contributed by atoms with Gasteiger partial charge in [-0.15, -0.1) is 0 Å². The summed E-state index contributed by atoms with van der Waals surface area (Å²) in [5, 5.41) is 12.1. The molecule has 1 unspecified atom stereocenters. The Morgan fingerprint density at radius 2 is 1.86 bits per heavy atom. The minimum absolute atomic E-state index is 0.0174. The smallest absolute Gasteiger partial charge is 0.0967 e. The molecule has 0 saturated carbocycles. The largest absolute Gasteiger partial charge is 0.304 e. The highest BCUT2D eigenvalue weighted by Gasteiger charge is 2.10. The van der Waals surface area contributed by atoms with Gasteiger partial charge >= 0.3 is 0 Å². The van der Waals surface area contributed by atoms with E-state index in [1.54, 1.807) is 0 Å². The second kappa shape index (κ2) is 6.80. The Labute approximate surface area is 88.1 Å². The first kappa shape index (κ1) is 13.4. The van der Waals surface area contributed by atoms with Crippen LogP contribution in [-0.2, 0) is 0 Å². The molecule has 0 spiro atoms. The average molecular weight is 197 g/mol. The van der Waals surface area contributed by atoms with Crippen molar-refractivity contribution in [2.24, 2.45) is 0 Å². The van der Waals surface area contributed by atoms with Crippen molar-refractivity contribution < 1.29 is 0 Å². The van der Waals surface area contributed by atoms with Crippen molar-refractivity contribution in [3.63, 3.8) is 0 Å². The third-order valence-corrected chi connectivity index (χ3v) is 2.34. The van der Waals surface area contributed by atoms with Gasteiger partial charge in [0.2, 0.25) is 0 Å². The predicted octanol–water partition coefficient (Wildman–Crippen LogP) is 1.61. The van der Waals surface area contributed by atoms with Gasteiger partial charge in [-0.25, -0.2) is 0 Å². The third kappa shape index (κ3) is 5.95. The second-order valence-electron chi connectivity index (χ2n) is 4.37. The van der Waals surface area contributed by atoms with Gasteiger partial charge in [0, 0.05) is 18.6 Å². The van der Waals surface area contributed by atoms with Crippen molar-refractivity contribution in [1.82, 2.24) is 10.2 Å². The van der Waals surface area contributed by atoms with E-state index in [4.69, 9.17) is 5.26 Å². The van der Waals surface area contributed by atoms with Gasteiger partial charge in [0.15, 0.2) is 0 Å². The van der Waals surface area contributed by atoms with Crippen LogP contribution in [-0.4, -0.2) is 36.6 Å². The zero-order valence-corrected chi connectivity index (χ0v) is 10.0. The molecule has 0 heterocycles. The minimum Gasteiger partial charge on any atom is -0.304 e. The monoisotopic (exact) mass is 197 g/mol. The number of hydrogen-bond acceptors (Lipinski definition) is 3. The molecule has 3 nitrogen and oxygen atoms in total. The summed E-state index contributed by atoms with van der Waals surface area (Å²) in [4.78, 5) is 2.26. The van der Waals surface area contributed by atoms with E-state index < -0.39 is 0 Å². The van der Waals surface area contributed by atoms with Crippen molar-refractivity contribution in [2.45, 2.75) is 52.2 Å². The summed E-state index contributed by atoms with van der Waals surface area (Å²) in [5.41, 5.74) is 0. The van der Waals surface area contributed by atoms with Crippen molar-refractivity contribution in [2.75, 3.05) is 13.6 Å². The van der Waals surface area contributed by atoms with E-state index in [0.717, 1.165) is 13.0 Å². The van der Waals surface area contributed by atoms with Crippen LogP contribution < -0.4 is 5.32 Å². The van der Waals surface area contributed by atoms with Crippen LogP contribution in [0.2, 0.25) is 0 Å². The molecule has 0 aliphatic rings. The van der Waals surface area contributed by atoms with E-state index in [1.807, 2.05) is 0 Å². The van der Waals surface area contributed by atoms with Gasteiger partial charge in [-0.3, -0.25) is 5.32 Å². The molecule has 1 N–H and O–H groups in total. The Morgan fingerprint density at radius 3 is 2.21 bits per heavy atom. The summed E-state index contributed by atoms with van der Waals surface area (Å²) in [6.45, 7) is 9.43. The lowest BCUT2D eigenvalue weighted by molar-refractivity contribution is 0.261. The fraction of sp³-hybridized carbons (Fsp3) is 0.909. The Bertz CT molecular complexity index is 181. The second-order valence-corrected chi connectivity index (χ2v) is 4.37. The van der Waals surface area contributed by atoms with Gasteiger partial charge in [0.1, 0.15) is 0 Å². The van der Waals surface area contributed by atoms with Crippen molar-refractivity contribution in [3.8, 4) is 6.07 Å². The lowest BCUT2D eigenvalue weighted by Gasteiger charge is -2.23. The maximum Gasteiger partial charge on any atom is 0.0967 e. The average Bonchev–Trinajstić information content (AvgIpc) is 2.10. The molecule has 0 radical (unpaired) electrons. The minimum atomic E-state index is -0.0174. The molecule has 0 aliphatic carbocycles. The lowest BCUT2D eigenvalue weighted by atomic mass is 10.2. The summed E-state index contributed by atoms with van der Waals surface area (Å²) in [7, 11) is 2.09. The first-order chi connectivity index (χ1) is 6.47. The zero-order valence-electron chi connectivity index (χ0n) is 10.0. The highest BCUT2D eigenvalue weighted by Crippen LogP contribution is 1.99. The molecule has 0 aromatic heterocycles. The molecular formula is C11H23N3. The summed E-state index contributed by atoms with van der Waals surface area (Å²) in [5.74, 6) is 0. The van der Waals surface area contributed by atoms with Gasteiger partial charge in [0.25, 0.3) is 0 Å². The van der Waals surface area contributed by atoms with E-state index in [1.165, 1.54) is 0 Å². The first-order valence-corrected chi connectivity index (χ1v) is 5.33. The highest BCUT2D eigenvalue weighted by molar-refractivity contribution is 4.91. The quantitative estimate of drug-likeness (QED) is 0.703. The molecule has 3 heteroatoms. The van der Waals surface area contributed by atoms with Gasteiger partial charge in [-0.05, 0) is 41.2 Å². The van der Waals surface area contributed by atoms with Crippen LogP contribution in [0.3, 0.4) is 0 Å². The molecule has 0 aromatic carbocycles. The molecule has 0 rings (SSSR count). The van der Waals surface area contributed by atoms with Crippen LogP contribution in [0.15, 0.2) is 0 Å². The Hall–Kier alpha value is -0.590. The van der Waals surface area contributed by atoms with Crippen molar-refractivity contribution in [1.29, 1.82) is 5.26 Å². The SMILES string of the molecule is CC(C)NC(C#N)CCN(C)C(C)C. The molecule has 0 aromatic rings. The van der Waals surface area contributed by atoms with E-state index in [-0.39, 0.29) is 6.04 Å². The van der Waals surface area contributed by atoms with E-state index in [0.29, 0.717) is 12.1 Å². The zero-order chi connectivity index (χ0) is 11.1. The van der Waals surface area contributed by atoms with E-state index in [2.05, 4.69) is 51.0 Å². The van der Waals surface area contributed by atoms with E-state index >= 15 is 0 Å². The molecule has 0 bridgehead atoms. The standard InChI is InChI=1S/C11H23N3/c1-9(2)13-11(8-12)6-7-14(5)10(3)4/h9-11,13H,6-7H2,1-5H3. The molecule has 0 fully saturated rings. The molecule has 0 aliphatic heterocycles. The molecule has 1 atom stereocenters. The van der Waals surface area contributed by atoms with Crippen LogP contribution in [0.5, 0.6) is 0 Å². The fourth-order valence-electron chi connectivity index (χ4n) is 1.18.